The van der Waals surface area contributed by atoms with Gasteiger partial charge in [-0.3, -0.25) is 9.48 Å². The van der Waals surface area contributed by atoms with Crippen LogP contribution in [0.25, 0.3) is 0 Å². The third-order valence-corrected chi connectivity index (χ3v) is 4.80. The second-order valence-electron chi connectivity index (χ2n) is 6.67. The van der Waals surface area contributed by atoms with Gasteiger partial charge in [0.2, 0.25) is 0 Å². The number of nitrogens with two attached hydrogens (primary N) is 1. The quantitative estimate of drug-likeness (QED) is 0.909. The Kier molecular flexibility index (Phi) is 6.62. The van der Waals surface area contributed by atoms with Gasteiger partial charge in [0.1, 0.15) is 0 Å². The van der Waals surface area contributed by atoms with Crippen molar-refractivity contribution in [2.45, 2.75) is 45.7 Å². The Bertz CT molecular complexity index is 711. The van der Waals surface area contributed by atoms with Crippen LogP contribution >= 0.6 is 12.4 Å². The van der Waals surface area contributed by atoms with Gasteiger partial charge in [0.25, 0.3) is 5.91 Å². The first-order chi connectivity index (χ1) is 11.6. The number of carbonyl (C=O) groups is 1. The molecule has 2 N–H and O–H groups in total. The van der Waals surface area contributed by atoms with E-state index in [1.807, 2.05) is 40.8 Å². The molecule has 2 aromatic rings. The van der Waals surface area contributed by atoms with Gasteiger partial charge in [-0.25, -0.2) is 0 Å². The van der Waals surface area contributed by atoms with Crippen molar-refractivity contribution in [2.75, 3.05) is 13.1 Å². The maximum absolute atomic E-state index is 12.7. The van der Waals surface area contributed by atoms with Crippen molar-refractivity contribution in [3.8, 4) is 0 Å². The molecule has 136 valence electrons. The second-order valence-corrected chi connectivity index (χ2v) is 6.67. The van der Waals surface area contributed by atoms with Gasteiger partial charge in [0, 0.05) is 30.4 Å². The van der Waals surface area contributed by atoms with Crippen LogP contribution in [-0.4, -0.2) is 39.7 Å². The molecule has 1 atom stereocenters. The van der Waals surface area contributed by atoms with Crippen molar-refractivity contribution in [3.63, 3.8) is 0 Å². The van der Waals surface area contributed by atoms with E-state index in [1.165, 1.54) is 0 Å². The number of nitrogens with zero attached hydrogens (tertiary/aromatic N) is 3. The van der Waals surface area contributed by atoms with Gasteiger partial charge in [-0.15, -0.1) is 12.4 Å². The first-order valence-corrected chi connectivity index (χ1v) is 8.69. The van der Waals surface area contributed by atoms with Crippen LogP contribution in [0.1, 0.15) is 46.6 Å². The molecule has 1 saturated heterocycles. The standard InChI is InChI=1S/C19H26N4O.ClH/c1-14-11-15(2)23(21-14)13-16-6-8-17(9-7-16)19(24)22-10-4-3-5-18(22)12-20;/h6-9,11,18H,3-5,10,12-13,20H2,1-2H3;1H. The maximum atomic E-state index is 12.7. The molecule has 0 saturated carbocycles. The number of likely N-dealkylation sites (tertiary alicyclic amines) is 1. The minimum Gasteiger partial charge on any atom is -0.334 e. The van der Waals surface area contributed by atoms with Crippen LogP contribution in [0.5, 0.6) is 0 Å². The lowest BCUT2D eigenvalue weighted by atomic mass is 10.0. The lowest BCUT2D eigenvalue weighted by Crippen LogP contribution is -2.47. The Labute approximate surface area is 155 Å². The van der Waals surface area contributed by atoms with E-state index in [9.17, 15) is 4.79 Å². The Morgan fingerprint density at radius 2 is 1.96 bits per heavy atom. The number of amides is 1. The zero-order valence-corrected chi connectivity index (χ0v) is 15.8. The number of aryl methyl sites for hydroxylation is 2. The van der Waals surface area contributed by atoms with E-state index in [0.29, 0.717) is 6.54 Å². The van der Waals surface area contributed by atoms with Crippen LogP contribution in [-0.2, 0) is 6.54 Å². The SMILES string of the molecule is Cc1cc(C)n(Cc2ccc(C(=O)N3CCCCC3CN)cc2)n1.Cl. The fraction of sp³-hybridized carbons (Fsp3) is 0.474. The van der Waals surface area contributed by atoms with E-state index in [4.69, 9.17) is 5.73 Å². The largest absolute Gasteiger partial charge is 0.334 e. The van der Waals surface area contributed by atoms with Crippen molar-refractivity contribution in [1.29, 1.82) is 0 Å². The summed E-state index contributed by atoms with van der Waals surface area (Å²) in [6, 6.07) is 10.1. The zero-order valence-electron chi connectivity index (χ0n) is 14.9. The highest BCUT2D eigenvalue weighted by molar-refractivity contribution is 5.94. The summed E-state index contributed by atoms with van der Waals surface area (Å²) in [6.45, 7) is 6.14. The first kappa shape index (κ1) is 19.5. The molecule has 1 unspecified atom stereocenters. The molecule has 2 heterocycles. The Morgan fingerprint density at radius 3 is 2.56 bits per heavy atom. The van der Waals surface area contributed by atoms with Crippen LogP contribution < -0.4 is 5.73 Å². The molecular formula is C19H27ClN4O. The summed E-state index contributed by atoms with van der Waals surface area (Å²) < 4.78 is 1.99. The minimum atomic E-state index is 0. The van der Waals surface area contributed by atoms with E-state index in [-0.39, 0.29) is 24.4 Å². The highest BCUT2D eigenvalue weighted by Gasteiger charge is 2.26. The predicted octanol–water partition coefficient (Wildman–Crippen LogP) is 2.92. The molecule has 1 amide bonds. The van der Waals surface area contributed by atoms with Gasteiger partial charge in [0.15, 0.2) is 0 Å². The van der Waals surface area contributed by atoms with E-state index in [1.54, 1.807) is 0 Å². The monoisotopic (exact) mass is 362 g/mol. The summed E-state index contributed by atoms with van der Waals surface area (Å²) in [5, 5.41) is 4.49. The Hall–Kier alpha value is -1.85. The van der Waals surface area contributed by atoms with E-state index < -0.39 is 0 Å². The molecule has 5 nitrogen and oxygen atoms in total. The van der Waals surface area contributed by atoms with Crippen LogP contribution in [0.2, 0.25) is 0 Å². The van der Waals surface area contributed by atoms with E-state index in [2.05, 4.69) is 18.1 Å². The van der Waals surface area contributed by atoms with Crippen molar-refractivity contribution < 1.29 is 4.79 Å². The number of hydrogen-bond donors (Lipinski definition) is 1. The van der Waals surface area contributed by atoms with E-state index >= 15 is 0 Å². The van der Waals surface area contributed by atoms with Gasteiger partial charge >= 0.3 is 0 Å². The summed E-state index contributed by atoms with van der Waals surface area (Å²) in [4.78, 5) is 14.7. The van der Waals surface area contributed by atoms with E-state index in [0.717, 1.165) is 54.9 Å². The van der Waals surface area contributed by atoms with Gasteiger partial charge in [0.05, 0.1) is 12.2 Å². The van der Waals surface area contributed by atoms with Crippen LogP contribution in [0.15, 0.2) is 30.3 Å². The summed E-state index contributed by atoms with van der Waals surface area (Å²) in [5.41, 5.74) is 9.89. The van der Waals surface area contributed by atoms with Crippen LogP contribution in [0.4, 0.5) is 0 Å². The zero-order chi connectivity index (χ0) is 17.1. The first-order valence-electron chi connectivity index (χ1n) is 8.69. The molecule has 0 bridgehead atoms. The lowest BCUT2D eigenvalue weighted by Gasteiger charge is -2.35. The number of piperidine rings is 1. The van der Waals surface area contributed by atoms with Crippen LogP contribution in [0, 0.1) is 13.8 Å². The molecule has 0 aliphatic carbocycles. The average Bonchev–Trinajstić information content (AvgIpc) is 2.92. The number of halogens is 1. The molecular weight excluding hydrogens is 336 g/mol. The number of aromatic nitrogens is 2. The Balaban J connectivity index is 0.00000225. The fourth-order valence-corrected chi connectivity index (χ4v) is 3.44. The van der Waals surface area contributed by atoms with Crippen LogP contribution in [0.3, 0.4) is 0 Å². The molecule has 3 rings (SSSR count). The highest BCUT2D eigenvalue weighted by atomic mass is 35.5. The third kappa shape index (κ3) is 4.41. The topological polar surface area (TPSA) is 64.2 Å². The predicted molar refractivity (Wildman–Crippen MR) is 102 cm³/mol. The fourth-order valence-electron chi connectivity index (χ4n) is 3.44. The second kappa shape index (κ2) is 8.50. The smallest absolute Gasteiger partial charge is 0.254 e. The summed E-state index contributed by atoms with van der Waals surface area (Å²) in [6.07, 6.45) is 3.24. The average molecular weight is 363 g/mol. The van der Waals surface area contributed by atoms with Gasteiger partial charge < -0.3 is 10.6 Å². The van der Waals surface area contributed by atoms with Crippen molar-refractivity contribution in [3.05, 3.63) is 52.8 Å². The molecule has 1 aliphatic heterocycles. The molecule has 0 radical (unpaired) electrons. The lowest BCUT2D eigenvalue weighted by molar-refractivity contribution is 0.0623. The number of hydrogen-bond acceptors (Lipinski definition) is 3. The summed E-state index contributed by atoms with van der Waals surface area (Å²) in [7, 11) is 0. The van der Waals surface area contributed by atoms with Crippen molar-refractivity contribution in [2.24, 2.45) is 5.73 Å². The third-order valence-electron chi connectivity index (χ3n) is 4.80. The van der Waals surface area contributed by atoms with Gasteiger partial charge in [-0.2, -0.15) is 5.10 Å². The molecule has 1 aromatic carbocycles. The highest BCUT2D eigenvalue weighted by Crippen LogP contribution is 2.19. The molecule has 0 spiro atoms. The number of benzene rings is 1. The van der Waals surface area contributed by atoms with Crippen molar-refractivity contribution >= 4 is 18.3 Å². The molecule has 1 aromatic heterocycles. The normalized spacial score (nSPS) is 17.2. The molecule has 25 heavy (non-hydrogen) atoms. The molecule has 1 fully saturated rings. The van der Waals surface area contributed by atoms with Gasteiger partial charge in [-0.05, 0) is 56.9 Å². The van der Waals surface area contributed by atoms with Gasteiger partial charge in [-0.1, -0.05) is 12.1 Å². The molecule has 1 aliphatic rings. The molecule has 6 heteroatoms. The Morgan fingerprint density at radius 1 is 1.24 bits per heavy atom. The maximum Gasteiger partial charge on any atom is 0.254 e. The minimum absolute atomic E-state index is 0. The van der Waals surface area contributed by atoms with Crippen molar-refractivity contribution in [1.82, 2.24) is 14.7 Å². The summed E-state index contributed by atoms with van der Waals surface area (Å²) in [5.74, 6) is 0.0998. The number of rotatable bonds is 4. The summed E-state index contributed by atoms with van der Waals surface area (Å²) >= 11 is 0. The number of carbonyl (C=O) groups excluding carboxylic acids is 1.